The van der Waals surface area contributed by atoms with Crippen LogP contribution in [-0.2, 0) is 11.3 Å². The van der Waals surface area contributed by atoms with Crippen LogP contribution in [0.4, 0.5) is 5.82 Å². The van der Waals surface area contributed by atoms with Crippen LogP contribution in [-0.4, -0.2) is 17.6 Å². The number of nitrogens with zero attached hydrogens (tertiary/aromatic N) is 1. The summed E-state index contributed by atoms with van der Waals surface area (Å²) in [5.41, 5.74) is 2.08. The highest BCUT2D eigenvalue weighted by Gasteiger charge is 2.21. The van der Waals surface area contributed by atoms with Crippen molar-refractivity contribution in [1.29, 1.82) is 0 Å². The number of nitrogens with one attached hydrogen (secondary N) is 1. The molecule has 0 atom stereocenters. The lowest BCUT2D eigenvalue weighted by molar-refractivity contribution is 0.0527. The Bertz CT molecular complexity index is 866. The molecule has 0 amide bonds. The third-order valence-corrected chi connectivity index (χ3v) is 4.00. The molecule has 0 saturated carbocycles. The Kier molecular flexibility index (Phi) is 4.96. The van der Waals surface area contributed by atoms with Gasteiger partial charge in [0.1, 0.15) is 11.4 Å². The number of pyridine rings is 1. The molecular weight excluding hydrogens is 324 g/mol. The van der Waals surface area contributed by atoms with E-state index in [2.05, 4.69) is 10.3 Å². The molecule has 0 fully saturated rings. The van der Waals surface area contributed by atoms with Crippen LogP contribution in [0.15, 0.2) is 54.6 Å². The van der Waals surface area contributed by atoms with Gasteiger partial charge >= 0.3 is 5.97 Å². The molecule has 122 valence electrons. The van der Waals surface area contributed by atoms with Crippen LogP contribution >= 0.6 is 11.6 Å². The van der Waals surface area contributed by atoms with Gasteiger partial charge in [-0.25, -0.2) is 9.78 Å². The van der Waals surface area contributed by atoms with Crippen molar-refractivity contribution < 1.29 is 9.53 Å². The Morgan fingerprint density at radius 2 is 1.83 bits per heavy atom. The number of ether oxygens (including phenoxy) is 1. The van der Waals surface area contributed by atoms with Crippen molar-refractivity contribution in [1.82, 2.24) is 4.98 Å². The zero-order valence-electron chi connectivity index (χ0n) is 13.3. The minimum Gasteiger partial charge on any atom is -0.462 e. The van der Waals surface area contributed by atoms with Gasteiger partial charge in [-0.3, -0.25) is 0 Å². The van der Waals surface area contributed by atoms with Crippen molar-refractivity contribution in [3.05, 3.63) is 70.7 Å². The molecule has 5 heteroatoms. The van der Waals surface area contributed by atoms with Crippen molar-refractivity contribution in [2.45, 2.75) is 13.5 Å². The van der Waals surface area contributed by atoms with E-state index in [-0.39, 0.29) is 12.2 Å². The molecule has 4 nitrogen and oxygen atoms in total. The van der Waals surface area contributed by atoms with Crippen molar-refractivity contribution in [2.75, 3.05) is 11.9 Å². The Hall–Kier alpha value is -2.59. The third-order valence-electron chi connectivity index (χ3n) is 3.61. The zero-order valence-corrected chi connectivity index (χ0v) is 14.0. The number of hydrogen-bond donors (Lipinski definition) is 1. The van der Waals surface area contributed by atoms with E-state index < -0.39 is 5.97 Å². The Labute approximate surface area is 145 Å². The molecule has 24 heavy (non-hydrogen) atoms. The monoisotopic (exact) mass is 340 g/mol. The smallest absolute Gasteiger partial charge is 0.343 e. The number of benzene rings is 2. The van der Waals surface area contributed by atoms with E-state index in [1.807, 2.05) is 54.6 Å². The largest absolute Gasteiger partial charge is 0.462 e. The first-order valence-electron chi connectivity index (χ1n) is 7.74. The van der Waals surface area contributed by atoms with Crippen molar-refractivity contribution in [3.63, 3.8) is 0 Å². The summed E-state index contributed by atoms with van der Waals surface area (Å²) in [5, 5.41) is 4.29. The summed E-state index contributed by atoms with van der Waals surface area (Å²) < 4.78 is 5.15. The molecule has 0 bridgehead atoms. The second-order valence-electron chi connectivity index (χ2n) is 5.23. The van der Waals surface area contributed by atoms with Crippen molar-refractivity contribution in [2.24, 2.45) is 0 Å². The number of carbonyl (C=O) groups excluding carboxylic acids is 1. The summed E-state index contributed by atoms with van der Waals surface area (Å²) in [6.45, 7) is 2.58. The number of para-hydroxylation sites is 1. The van der Waals surface area contributed by atoms with Crippen LogP contribution in [0.5, 0.6) is 0 Å². The highest BCUT2D eigenvalue weighted by atomic mass is 35.5. The predicted octanol–water partition coefficient (Wildman–Crippen LogP) is 4.68. The zero-order chi connectivity index (χ0) is 16.9. The summed E-state index contributed by atoms with van der Waals surface area (Å²) in [4.78, 5) is 16.9. The molecular formula is C19H17ClN2O2. The number of esters is 1. The molecule has 0 radical (unpaired) electrons. The van der Waals surface area contributed by atoms with Gasteiger partial charge in [-0.05, 0) is 18.6 Å². The lowest BCUT2D eigenvalue weighted by atomic mass is 10.1. The van der Waals surface area contributed by atoms with Gasteiger partial charge in [0.2, 0.25) is 0 Å². The van der Waals surface area contributed by atoms with Gasteiger partial charge in [0.05, 0.1) is 17.1 Å². The van der Waals surface area contributed by atoms with Crippen LogP contribution in [0.25, 0.3) is 10.9 Å². The average molecular weight is 341 g/mol. The Morgan fingerprint density at radius 1 is 1.12 bits per heavy atom. The summed E-state index contributed by atoms with van der Waals surface area (Å²) in [7, 11) is 0. The number of fused-ring (bicyclic) bond motifs is 1. The van der Waals surface area contributed by atoms with Crippen LogP contribution in [0.1, 0.15) is 22.8 Å². The topological polar surface area (TPSA) is 51.2 Å². The Balaban J connectivity index is 2.03. The minimum atomic E-state index is -0.476. The van der Waals surface area contributed by atoms with E-state index in [0.717, 1.165) is 16.5 Å². The lowest BCUT2D eigenvalue weighted by Crippen LogP contribution is -2.12. The lowest BCUT2D eigenvalue weighted by Gasteiger charge is -2.14. The van der Waals surface area contributed by atoms with Gasteiger partial charge in [-0.1, -0.05) is 60.1 Å². The van der Waals surface area contributed by atoms with E-state index in [1.54, 1.807) is 6.92 Å². The third kappa shape index (κ3) is 3.34. The fourth-order valence-electron chi connectivity index (χ4n) is 2.47. The van der Waals surface area contributed by atoms with Gasteiger partial charge in [0, 0.05) is 11.9 Å². The van der Waals surface area contributed by atoms with Gasteiger partial charge < -0.3 is 10.1 Å². The van der Waals surface area contributed by atoms with Gasteiger partial charge in [0.15, 0.2) is 0 Å². The highest BCUT2D eigenvalue weighted by Crippen LogP contribution is 2.31. The maximum absolute atomic E-state index is 12.4. The molecule has 0 aliphatic heterocycles. The normalized spacial score (nSPS) is 10.6. The van der Waals surface area contributed by atoms with E-state index in [4.69, 9.17) is 16.3 Å². The average Bonchev–Trinajstić information content (AvgIpc) is 2.61. The number of carbonyl (C=O) groups is 1. The van der Waals surface area contributed by atoms with Crippen molar-refractivity contribution in [3.8, 4) is 0 Å². The van der Waals surface area contributed by atoms with Crippen molar-refractivity contribution >= 4 is 34.3 Å². The standard InChI is InChI=1S/C19H17ClN2O2/c1-2-24-19(23)16-17(20)14-10-6-7-11-15(14)22-18(16)21-12-13-8-4-3-5-9-13/h3-11H,2,12H2,1H3,(H,21,22). The molecule has 2 aromatic carbocycles. The molecule has 1 heterocycles. The fraction of sp³-hybridized carbons (Fsp3) is 0.158. The number of anilines is 1. The summed E-state index contributed by atoms with van der Waals surface area (Å²) in [6, 6.07) is 17.3. The number of rotatable bonds is 5. The summed E-state index contributed by atoms with van der Waals surface area (Å²) in [6.07, 6.45) is 0. The van der Waals surface area contributed by atoms with Gasteiger partial charge in [0.25, 0.3) is 0 Å². The molecule has 0 aliphatic carbocycles. The van der Waals surface area contributed by atoms with Gasteiger partial charge in [-0.2, -0.15) is 0 Å². The van der Waals surface area contributed by atoms with Crippen LogP contribution < -0.4 is 5.32 Å². The maximum Gasteiger partial charge on any atom is 0.343 e. The van der Waals surface area contributed by atoms with E-state index in [0.29, 0.717) is 17.4 Å². The fourth-order valence-corrected chi connectivity index (χ4v) is 2.80. The summed E-state index contributed by atoms with van der Waals surface area (Å²) >= 11 is 6.48. The van der Waals surface area contributed by atoms with E-state index >= 15 is 0 Å². The molecule has 0 unspecified atom stereocenters. The molecule has 0 saturated heterocycles. The Morgan fingerprint density at radius 3 is 2.58 bits per heavy atom. The first-order valence-corrected chi connectivity index (χ1v) is 8.11. The highest BCUT2D eigenvalue weighted by molar-refractivity contribution is 6.39. The SMILES string of the molecule is CCOC(=O)c1c(NCc2ccccc2)nc2ccccc2c1Cl. The van der Waals surface area contributed by atoms with E-state index in [1.165, 1.54) is 0 Å². The molecule has 0 spiro atoms. The second-order valence-corrected chi connectivity index (χ2v) is 5.60. The van der Waals surface area contributed by atoms with Gasteiger partial charge in [-0.15, -0.1) is 0 Å². The molecule has 3 aromatic rings. The number of halogens is 1. The molecule has 0 aliphatic rings. The number of hydrogen-bond acceptors (Lipinski definition) is 4. The predicted molar refractivity (Wildman–Crippen MR) is 96.5 cm³/mol. The van der Waals surface area contributed by atoms with Crippen LogP contribution in [0.2, 0.25) is 5.02 Å². The maximum atomic E-state index is 12.4. The molecule has 1 N–H and O–H groups in total. The first kappa shape index (κ1) is 16.3. The first-order chi connectivity index (χ1) is 11.7. The molecule has 1 aromatic heterocycles. The summed E-state index contributed by atoms with van der Waals surface area (Å²) in [5.74, 6) is -0.0442. The van der Waals surface area contributed by atoms with E-state index in [9.17, 15) is 4.79 Å². The van der Waals surface area contributed by atoms with Crippen LogP contribution in [0, 0.1) is 0 Å². The molecule has 3 rings (SSSR count). The van der Waals surface area contributed by atoms with Crippen LogP contribution in [0.3, 0.4) is 0 Å². The quantitative estimate of drug-likeness (QED) is 0.685. The minimum absolute atomic E-state index is 0.271. The number of aromatic nitrogens is 1. The second kappa shape index (κ2) is 7.32.